The first-order valence-electron chi connectivity index (χ1n) is 11.0. The van der Waals surface area contributed by atoms with Crippen LogP contribution in [0.3, 0.4) is 0 Å². The lowest BCUT2D eigenvalue weighted by molar-refractivity contribution is -0.120. The first kappa shape index (κ1) is 23.5. The van der Waals surface area contributed by atoms with Gasteiger partial charge in [0.1, 0.15) is 23.0 Å². The third-order valence-electron chi connectivity index (χ3n) is 5.66. The number of thiazole rings is 1. The van der Waals surface area contributed by atoms with Crippen LogP contribution in [0.1, 0.15) is 22.6 Å². The highest BCUT2D eigenvalue weighted by Gasteiger charge is 2.21. The van der Waals surface area contributed by atoms with Crippen LogP contribution in [-0.4, -0.2) is 30.1 Å². The van der Waals surface area contributed by atoms with Crippen LogP contribution in [0.15, 0.2) is 59.0 Å². The van der Waals surface area contributed by atoms with Gasteiger partial charge in [0.15, 0.2) is 4.96 Å². The molecule has 1 amide bonds. The van der Waals surface area contributed by atoms with Gasteiger partial charge in [-0.1, -0.05) is 6.07 Å². The van der Waals surface area contributed by atoms with E-state index >= 15 is 0 Å². The average Bonchev–Trinajstić information content (AvgIpc) is 3.43. The highest BCUT2D eigenvalue weighted by molar-refractivity contribution is 7.15. The van der Waals surface area contributed by atoms with Gasteiger partial charge in [0.2, 0.25) is 5.91 Å². The van der Waals surface area contributed by atoms with Crippen molar-refractivity contribution in [3.05, 3.63) is 98.8 Å². The summed E-state index contributed by atoms with van der Waals surface area (Å²) in [5.41, 5.74) is 2.35. The molecule has 0 saturated carbocycles. The first-order chi connectivity index (χ1) is 17.3. The molecule has 11 heteroatoms. The molecule has 0 aliphatic carbocycles. The standard InChI is InChI=1S/C25H20F2N6O2S/c1-14-8-20(31-33(14)21-9-17(26)5-6-19(21)27)23-15(2)30-25-32(24(23)35)18(13-36-25)10-22(34)29-12-16-4-3-7-28-11-16/h3-9,11,13H,10,12H2,1-2H3,(H,29,34). The zero-order valence-electron chi connectivity index (χ0n) is 19.3. The molecule has 0 radical (unpaired) electrons. The Morgan fingerprint density at radius 3 is 2.78 bits per heavy atom. The lowest BCUT2D eigenvalue weighted by atomic mass is 10.1. The number of nitrogens with zero attached hydrogens (tertiary/aromatic N) is 5. The van der Waals surface area contributed by atoms with Gasteiger partial charge >= 0.3 is 0 Å². The van der Waals surface area contributed by atoms with Crippen molar-refractivity contribution in [1.29, 1.82) is 0 Å². The molecule has 4 heterocycles. The molecule has 0 fully saturated rings. The minimum absolute atomic E-state index is 0.0215. The maximum absolute atomic E-state index is 14.4. The largest absolute Gasteiger partial charge is 0.352 e. The van der Waals surface area contributed by atoms with Gasteiger partial charge in [0.05, 0.1) is 17.7 Å². The highest BCUT2D eigenvalue weighted by atomic mass is 32.1. The maximum atomic E-state index is 14.4. The van der Waals surface area contributed by atoms with Crippen molar-refractivity contribution in [2.75, 3.05) is 0 Å². The van der Waals surface area contributed by atoms with Crippen LogP contribution in [0, 0.1) is 25.5 Å². The molecule has 0 saturated heterocycles. The molecule has 0 atom stereocenters. The second kappa shape index (κ2) is 9.42. The number of hydrogen-bond donors (Lipinski definition) is 1. The number of fused-ring (bicyclic) bond motifs is 1. The van der Waals surface area contributed by atoms with Crippen molar-refractivity contribution in [2.24, 2.45) is 0 Å². The summed E-state index contributed by atoms with van der Waals surface area (Å²) in [6.45, 7) is 3.69. The number of pyridine rings is 1. The fourth-order valence-electron chi connectivity index (χ4n) is 3.94. The second-order valence-corrected chi connectivity index (χ2v) is 9.05. The fraction of sp³-hybridized carbons (Fsp3) is 0.160. The molecule has 1 N–H and O–H groups in total. The van der Waals surface area contributed by atoms with Crippen LogP contribution in [0.4, 0.5) is 8.78 Å². The topological polar surface area (TPSA) is 94.2 Å². The summed E-state index contributed by atoms with van der Waals surface area (Å²) in [7, 11) is 0. The van der Waals surface area contributed by atoms with Crippen LogP contribution in [0.25, 0.3) is 21.9 Å². The van der Waals surface area contributed by atoms with Crippen LogP contribution < -0.4 is 10.9 Å². The van der Waals surface area contributed by atoms with E-state index in [1.54, 1.807) is 43.8 Å². The van der Waals surface area contributed by atoms with E-state index in [2.05, 4.69) is 20.4 Å². The Kier molecular flexibility index (Phi) is 6.15. The van der Waals surface area contributed by atoms with Crippen LogP contribution >= 0.6 is 11.3 Å². The molecule has 0 unspecified atom stereocenters. The quantitative estimate of drug-likeness (QED) is 0.379. The van der Waals surface area contributed by atoms with E-state index in [-0.39, 0.29) is 29.3 Å². The van der Waals surface area contributed by atoms with E-state index in [9.17, 15) is 18.4 Å². The van der Waals surface area contributed by atoms with E-state index in [0.717, 1.165) is 23.8 Å². The predicted molar refractivity (Wildman–Crippen MR) is 131 cm³/mol. The lowest BCUT2D eigenvalue weighted by Crippen LogP contribution is -2.27. The Morgan fingerprint density at radius 2 is 2.00 bits per heavy atom. The van der Waals surface area contributed by atoms with E-state index in [1.165, 1.54) is 20.4 Å². The van der Waals surface area contributed by atoms with Crippen molar-refractivity contribution in [2.45, 2.75) is 26.8 Å². The number of nitrogens with one attached hydrogen (secondary N) is 1. The Balaban J connectivity index is 1.49. The lowest BCUT2D eigenvalue weighted by Gasteiger charge is -2.07. The summed E-state index contributed by atoms with van der Waals surface area (Å²) in [6.07, 6.45) is 3.30. The number of carbonyl (C=O) groups excluding carboxylic acids is 1. The van der Waals surface area contributed by atoms with Crippen molar-refractivity contribution in [3.63, 3.8) is 0 Å². The third-order valence-corrected chi connectivity index (χ3v) is 6.53. The normalized spacial score (nSPS) is 11.2. The first-order valence-corrected chi connectivity index (χ1v) is 11.9. The summed E-state index contributed by atoms with van der Waals surface area (Å²) in [4.78, 5) is 35.2. The van der Waals surface area contributed by atoms with Crippen molar-refractivity contribution < 1.29 is 13.6 Å². The van der Waals surface area contributed by atoms with Crippen LogP contribution in [-0.2, 0) is 17.8 Å². The molecule has 5 aromatic rings. The van der Waals surface area contributed by atoms with E-state index in [0.29, 0.717) is 28.6 Å². The SMILES string of the molecule is Cc1nc2scc(CC(=O)NCc3cccnc3)n2c(=O)c1-c1cc(C)n(-c2cc(F)ccc2F)n1. The van der Waals surface area contributed by atoms with Gasteiger partial charge in [-0.2, -0.15) is 5.10 Å². The number of hydrogen-bond acceptors (Lipinski definition) is 6. The maximum Gasteiger partial charge on any atom is 0.268 e. The third kappa shape index (κ3) is 4.40. The van der Waals surface area contributed by atoms with Gasteiger partial charge in [0, 0.05) is 41.8 Å². The van der Waals surface area contributed by atoms with Crippen molar-refractivity contribution in [3.8, 4) is 16.9 Å². The molecule has 182 valence electrons. The molecular formula is C25H20F2N6O2S. The number of aromatic nitrogens is 5. The van der Waals surface area contributed by atoms with E-state index < -0.39 is 17.2 Å². The minimum atomic E-state index is -0.645. The summed E-state index contributed by atoms with van der Waals surface area (Å²) in [5, 5.41) is 8.94. The molecule has 5 rings (SSSR count). The van der Waals surface area contributed by atoms with E-state index in [1.807, 2.05) is 6.07 Å². The number of carbonyl (C=O) groups is 1. The van der Waals surface area contributed by atoms with Gasteiger partial charge in [-0.05, 0) is 43.7 Å². The second-order valence-electron chi connectivity index (χ2n) is 8.22. The smallest absolute Gasteiger partial charge is 0.268 e. The number of halogens is 2. The monoisotopic (exact) mass is 506 g/mol. The van der Waals surface area contributed by atoms with Crippen molar-refractivity contribution >= 4 is 22.2 Å². The average molecular weight is 507 g/mol. The van der Waals surface area contributed by atoms with E-state index in [4.69, 9.17) is 0 Å². The summed E-state index contributed by atoms with van der Waals surface area (Å²) in [5.74, 6) is -1.50. The van der Waals surface area contributed by atoms with Gasteiger partial charge in [0.25, 0.3) is 5.56 Å². The molecule has 1 aromatic carbocycles. The Morgan fingerprint density at radius 1 is 1.17 bits per heavy atom. The molecule has 8 nitrogen and oxygen atoms in total. The zero-order valence-corrected chi connectivity index (χ0v) is 20.1. The number of rotatable bonds is 6. The molecule has 36 heavy (non-hydrogen) atoms. The molecule has 4 aromatic heterocycles. The molecule has 0 aliphatic rings. The van der Waals surface area contributed by atoms with Gasteiger partial charge in [-0.25, -0.2) is 18.4 Å². The minimum Gasteiger partial charge on any atom is -0.352 e. The number of aryl methyl sites for hydroxylation is 2. The summed E-state index contributed by atoms with van der Waals surface area (Å²) >= 11 is 1.26. The highest BCUT2D eigenvalue weighted by Crippen LogP contribution is 2.24. The zero-order chi connectivity index (χ0) is 25.4. The summed E-state index contributed by atoms with van der Waals surface area (Å²) < 4.78 is 30.8. The Bertz CT molecular complexity index is 1660. The van der Waals surface area contributed by atoms with Gasteiger partial charge < -0.3 is 5.32 Å². The Hall–Kier alpha value is -4.25. The predicted octanol–water partition coefficient (Wildman–Crippen LogP) is 3.76. The van der Waals surface area contributed by atoms with Crippen molar-refractivity contribution in [1.82, 2.24) is 29.5 Å². The molecular weight excluding hydrogens is 486 g/mol. The van der Waals surface area contributed by atoms with Crippen LogP contribution in [0.5, 0.6) is 0 Å². The Labute approximate surface area is 207 Å². The van der Waals surface area contributed by atoms with Crippen LogP contribution in [0.2, 0.25) is 0 Å². The molecule has 0 bridgehead atoms. The fourth-order valence-corrected chi connectivity index (χ4v) is 4.87. The van der Waals surface area contributed by atoms with Gasteiger partial charge in [-0.15, -0.1) is 11.3 Å². The number of amides is 1. The summed E-state index contributed by atoms with van der Waals surface area (Å²) in [6, 6.07) is 8.35. The molecule has 0 aliphatic heterocycles. The van der Waals surface area contributed by atoms with Gasteiger partial charge in [-0.3, -0.25) is 19.0 Å². The molecule has 0 spiro atoms. The number of benzene rings is 1.